The van der Waals surface area contributed by atoms with E-state index >= 15 is 0 Å². The number of fused-ring (bicyclic) bond motifs is 2. The molecule has 1 aromatic carbocycles. The van der Waals surface area contributed by atoms with E-state index in [1.807, 2.05) is 18.2 Å². The fourth-order valence-corrected chi connectivity index (χ4v) is 2.83. The molecule has 0 aliphatic carbocycles. The Labute approximate surface area is 114 Å². The lowest BCUT2D eigenvalue weighted by Crippen LogP contribution is -2.06. The summed E-state index contributed by atoms with van der Waals surface area (Å²) in [6, 6.07) is 5.70. The van der Waals surface area contributed by atoms with Crippen molar-refractivity contribution in [3.8, 4) is 0 Å². The van der Waals surface area contributed by atoms with Crippen LogP contribution in [0.2, 0.25) is 0 Å². The number of benzene rings is 1. The molecule has 2 aromatic rings. The summed E-state index contributed by atoms with van der Waals surface area (Å²) >= 11 is 1.55. The predicted octanol–water partition coefficient (Wildman–Crippen LogP) is 2.10. The molecule has 0 amide bonds. The van der Waals surface area contributed by atoms with Gasteiger partial charge in [-0.15, -0.1) is 0 Å². The Hall–Kier alpha value is -1.63. The van der Waals surface area contributed by atoms with E-state index in [1.54, 1.807) is 24.2 Å². The largest absolute Gasteiger partial charge is 0.396 e. The first-order chi connectivity index (χ1) is 9.28. The molecule has 1 atom stereocenters. The first-order valence-electron chi connectivity index (χ1n) is 5.96. The number of nitrogens with one attached hydrogen (secondary N) is 1. The van der Waals surface area contributed by atoms with Crippen LogP contribution in [0, 0.1) is 0 Å². The van der Waals surface area contributed by atoms with E-state index < -0.39 is 6.10 Å². The van der Waals surface area contributed by atoms with E-state index in [2.05, 4.69) is 15.3 Å². The molecule has 0 spiro atoms. The zero-order valence-electron chi connectivity index (χ0n) is 10.1. The summed E-state index contributed by atoms with van der Waals surface area (Å²) in [7, 11) is 0. The molecule has 1 unspecified atom stereocenters. The van der Waals surface area contributed by atoms with E-state index in [0.717, 1.165) is 27.0 Å². The average molecular weight is 275 g/mol. The number of aliphatic hydroxyl groups is 2. The fourth-order valence-electron chi connectivity index (χ4n) is 1.95. The number of anilines is 2. The molecule has 5 nitrogen and oxygen atoms in total. The van der Waals surface area contributed by atoms with Crippen molar-refractivity contribution >= 4 is 23.3 Å². The first kappa shape index (κ1) is 12.4. The molecule has 0 saturated carbocycles. The van der Waals surface area contributed by atoms with E-state index in [-0.39, 0.29) is 6.61 Å². The third-order valence-corrected chi connectivity index (χ3v) is 3.98. The van der Waals surface area contributed by atoms with Gasteiger partial charge in [-0.3, -0.25) is 0 Å². The van der Waals surface area contributed by atoms with Gasteiger partial charge in [0.2, 0.25) is 0 Å². The molecular weight excluding hydrogens is 262 g/mol. The zero-order valence-corrected chi connectivity index (χ0v) is 10.9. The summed E-state index contributed by atoms with van der Waals surface area (Å²) in [6.07, 6.45) is 2.99. The van der Waals surface area contributed by atoms with Crippen molar-refractivity contribution < 1.29 is 10.2 Å². The molecule has 1 aliphatic rings. The van der Waals surface area contributed by atoms with Crippen LogP contribution in [0.1, 0.15) is 18.1 Å². The maximum absolute atomic E-state index is 9.89. The summed E-state index contributed by atoms with van der Waals surface area (Å²) in [5.74, 6) is 0.730. The summed E-state index contributed by atoms with van der Waals surface area (Å²) < 4.78 is 0. The summed E-state index contributed by atoms with van der Waals surface area (Å²) in [4.78, 5) is 9.54. The summed E-state index contributed by atoms with van der Waals surface area (Å²) in [6.45, 7) is -0.0330. The quantitative estimate of drug-likeness (QED) is 0.679. The van der Waals surface area contributed by atoms with Gasteiger partial charge in [-0.2, -0.15) is 0 Å². The Morgan fingerprint density at radius 3 is 2.95 bits per heavy atom. The molecular formula is C13H13N3O2S. The maximum Gasteiger partial charge on any atom is 0.163 e. The molecule has 19 heavy (non-hydrogen) atoms. The van der Waals surface area contributed by atoms with Crippen LogP contribution in [0.4, 0.5) is 11.5 Å². The van der Waals surface area contributed by atoms with Crippen LogP contribution in [-0.4, -0.2) is 26.8 Å². The highest BCUT2D eigenvalue weighted by atomic mass is 32.2. The van der Waals surface area contributed by atoms with Gasteiger partial charge < -0.3 is 15.5 Å². The normalized spacial score (nSPS) is 14.2. The van der Waals surface area contributed by atoms with Gasteiger partial charge in [0, 0.05) is 30.3 Å². The lowest BCUT2D eigenvalue weighted by atomic mass is 10.1. The monoisotopic (exact) mass is 275 g/mol. The van der Waals surface area contributed by atoms with Gasteiger partial charge in [0.15, 0.2) is 5.82 Å². The maximum atomic E-state index is 9.89. The lowest BCUT2D eigenvalue weighted by Gasteiger charge is -2.20. The fraction of sp³-hybridized carbons (Fsp3) is 0.231. The van der Waals surface area contributed by atoms with Gasteiger partial charge in [0.05, 0.1) is 11.8 Å². The van der Waals surface area contributed by atoms with Gasteiger partial charge in [-0.1, -0.05) is 17.8 Å². The number of nitrogens with zero attached hydrogens (tertiary/aromatic N) is 2. The minimum atomic E-state index is -0.648. The molecule has 1 aliphatic heterocycles. The van der Waals surface area contributed by atoms with Crippen molar-refractivity contribution in [1.29, 1.82) is 0 Å². The standard InChI is InChI=1S/C13H13N3O2S/c17-6-3-10(18)8-1-2-11-9(7-8)16-12-13(19-11)15-5-4-14-12/h1-2,4-5,7,10,17-18H,3,6H2,(H,14,16). The Balaban J connectivity index is 1.92. The Bertz CT molecular complexity index is 606. The van der Waals surface area contributed by atoms with Crippen LogP contribution in [0.3, 0.4) is 0 Å². The van der Waals surface area contributed by atoms with E-state index in [4.69, 9.17) is 5.11 Å². The highest BCUT2D eigenvalue weighted by Crippen LogP contribution is 2.42. The van der Waals surface area contributed by atoms with E-state index in [0.29, 0.717) is 6.42 Å². The number of aliphatic hydroxyl groups excluding tert-OH is 2. The van der Waals surface area contributed by atoms with E-state index in [1.165, 1.54) is 0 Å². The van der Waals surface area contributed by atoms with Crippen molar-refractivity contribution in [3.05, 3.63) is 36.2 Å². The smallest absolute Gasteiger partial charge is 0.163 e. The molecule has 0 radical (unpaired) electrons. The molecule has 98 valence electrons. The van der Waals surface area contributed by atoms with Crippen LogP contribution in [0.25, 0.3) is 0 Å². The minimum Gasteiger partial charge on any atom is -0.396 e. The second kappa shape index (κ2) is 5.16. The molecule has 6 heteroatoms. The van der Waals surface area contributed by atoms with Gasteiger partial charge >= 0.3 is 0 Å². The second-order valence-electron chi connectivity index (χ2n) is 4.22. The van der Waals surface area contributed by atoms with Gasteiger partial charge in [0.1, 0.15) is 5.03 Å². The van der Waals surface area contributed by atoms with Crippen LogP contribution >= 0.6 is 11.8 Å². The number of hydrogen-bond acceptors (Lipinski definition) is 6. The van der Waals surface area contributed by atoms with Crippen LogP contribution in [-0.2, 0) is 0 Å². The van der Waals surface area contributed by atoms with Crippen molar-refractivity contribution in [3.63, 3.8) is 0 Å². The summed E-state index contributed by atoms with van der Waals surface area (Å²) in [5.41, 5.74) is 1.70. The number of aromatic nitrogens is 2. The predicted molar refractivity (Wildman–Crippen MR) is 72.5 cm³/mol. The number of rotatable bonds is 3. The van der Waals surface area contributed by atoms with Gasteiger partial charge in [-0.25, -0.2) is 9.97 Å². The van der Waals surface area contributed by atoms with Gasteiger partial charge in [-0.05, 0) is 17.7 Å². The molecule has 1 aromatic heterocycles. The first-order valence-corrected chi connectivity index (χ1v) is 6.78. The zero-order chi connectivity index (χ0) is 13.2. The summed E-state index contributed by atoms with van der Waals surface area (Å²) in [5, 5.41) is 22.8. The van der Waals surface area contributed by atoms with Crippen LogP contribution in [0.15, 0.2) is 40.5 Å². The van der Waals surface area contributed by atoms with Crippen molar-refractivity contribution in [1.82, 2.24) is 9.97 Å². The molecule has 3 N–H and O–H groups in total. The highest BCUT2D eigenvalue weighted by molar-refractivity contribution is 7.99. The van der Waals surface area contributed by atoms with Crippen LogP contribution < -0.4 is 5.32 Å². The molecule has 3 rings (SSSR count). The Morgan fingerprint density at radius 2 is 2.11 bits per heavy atom. The van der Waals surface area contributed by atoms with E-state index in [9.17, 15) is 5.11 Å². The van der Waals surface area contributed by atoms with Crippen molar-refractivity contribution in [2.45, 2.75) is 22.4 Å². The highest BCUT2D eigenvalue weighted by Gasteiger charge is 2.19. The second-order valence-corrected chi connectivity index (χ2v) is 5.25. The molecule has 0 bridgehead atoms. The molecule has 0 saturated heterocycles. The topological polar surface area (TPSA) is 78.3 Å². The third kappa shape index (κ3) is 2.42. The molecule has 2 heterocycles. The number of hydrogen-bond donors (Lipinski definition) is 3. The SMILES string of the molecule is OCCC(O)c1ccc2c(c1)Nc1nccnc1S2. The Morgan fingerprint density at radius 1 is 1.26 bits per heavy atom. The van der Waals surface area contributed by atoms with Gasteiger partial charge in [0.25, 0.3) is 0 Å². The molecule has 0 fully saturated rings. The Kier molecular flexibility index (Phi) is 3.37. The minimum absolute atomic E-state index is 0.0330. The van der Waals surface area contributed by atoms with Crippen molar-refractivity contribution in [2.24, 2.45) is 0 Å². The average Bonchev–Trinajstić information content (AvgIpc) is 2.44. The third-order valence-electron chi connectivity index (χ3n) is 2.92. The lowest BCUT2D eigenvalue weighted by molar-refractivity contribution is 0.134. The van der Waals surface area contributed by atoms with Crippen LogP contribution in [0.5, 0.6) is 0 Å². The van der Waals surface area contributed by atoms with Crippen molar-refractivity contribution in [2.75, 3.05) is 11.9 Å².